The highest BCUT2D eigenvalue weighted by atomic mass is 19.1. The standard InChI is InChI=1S/C29H26F2N4O3/c1-32-27(18-6-3-5-17(13-18)9-10-25(36)37-2)24-16-34-29(35-24)19-7-4-8-20(14-19)38-28-22(30)15-23-21(26(28)31)11-12-33-23/h3-8,11-16,27,32-33H,9-10H2,1-2H3,(H,34,35). The number of hydrogen-bond acceptors (Lipinski definition) is 5. The van der Waals surface area contributed by atoms with Gasteiger partial charge in [-0.1, -0.05) is 36.4 Å². The van der Waals surface area contributed by atoms with E-state index in [2.05, 4.69) is 20.3 Å². The van der Waals surface area contributed by atoms with Gasteiger partial charge in [-0.15, -0.1) is 0 Å². The Balaban J connectivity index is 1.37. The van der Waals surface area contributed by atoms with Gasteiger partial charge in [-0.3, -0.25) is 4.79 Å². The Morgan fingerprint density at radius 1 is 1.11 bits per heavy atom. The maximum atomic E-state index is 14.9. The summed E-state index contributed by atoms with van der Waals surface area (Å²) in [5.74, 6) is -1.42. The molecule has 2 heterocycles. The van der Waals surface area contributed by atoms with Crippen LogP contribution in [0.4, 0.5) is 8.78 Å². The molecule has 5 aromatic rings. The predicted octanol–water partition coefficient (Wildman–Crippen LogP) is 6.04. The number of methoxy groups -OCH3 is 1. The summed E-state index contributed by atoms with van der Waals surface area (Å²) in [6, 6.07) is 17.4. The van der Waals surface area contributed by atoms with Gasteiger partial charge in [0.15, 0.2) is 17.4 Å². The molecule has 0 fully saturated rings. The topological polar surface area (TPSA) is 92.0 Å². The number of benzene rings is 3. The Kier molecular flexibility index (Phi) is 7.19. The summed E-state index contributed by atoms with van der Waals surface area (Å²) in [6.45, 7) is 0. The molecule has 7 nitrogen and oxygen atoms in total. The fourth-order valence-electron chi connectivity index (χ4n) is 4.44. The number of nitrogens with one attached hydrogen (secondary N) is 3. The molecule has 0 saturated heterocycles. The third kappa shape index (κ3) is 5.14. The van der Waals surface area contributed by atoms with Crippen molar-refractivity contribution in [1.29, 1.82) is 0 Å². The second-order valence-electron chi connectivity index (χ2n) is 8.80. The van der Waals surface area contributed by atoms with Crippen molar-refractivity contribution in [3.63, 3.8) is 0 Å². The number of imidazole rings is 1. The number of fused-ring (bicyclic) bond motifs is 1. The zero-order valence-corrected chi connectivity index (χ0v) is 20.8. The van der Waals surface area contributed by atoms with Gasteiger partial charge in [0.25, 0.3) is 0 Å². The maximum Gasteiger partial charge on any atom is 0.305 e. The summed E-state index contributed by atoms with van der Waals surface area (Å²) >= 11 is 0. The fraction of sp³-hybridized carbons (Fsp3) is 0.172. The fourth-order valence-corrected chi connectivity index (χ4v) is 4.44. The third-order valence-electron chi connectivity index (χ3n) is 6.36. The van der Waals surface area contributed by atoms with E-state index in [0.29, 0.717) is 29.7 Å². The van der Waals surface area contributed by atoms with E-state index in [1.165, 1.54) is 19.2 Å². The first kappa shape index (κ1) is 25.2. The largest absolute Gasteiger partial charge is 0.469 e. The summed E-state index contributed by atoms with van der Waals surface area (Å²) in [6.07, 6.45) is 4.17. The molecule has 0 spiro atoms. The number of H-pyrrole nitrogens is 2. The van der Waals surface area contributed by atoms with Crippen molar-refractivity contribution in [3.8, 4) is 22.9 Å². The van der Waals surface area contributed by atoms with Gasteiger partial charge in [0.1, 0.15) is 11.6 Å². The van der Waals surface area contributed by atoms with Crippen molar-refractivity contribution >= 4 is 16.9 Å². The van der Waals surface area contributed by atoms with Crippen LogP contribution in [0.5, 0.6) is 11.5 Å². The highest BCUT2D eigenvalue weighted by Crippen LogP contribution is 2.34. The van der Waals surface area contributed by atoms with Crippen LogP contribution in [0.25, 0.3) is 22.3 Å². The summed E-state index contributed by atoms with van der Waals surface area (Å²) in [5, 5.41) is 3.55. The highest BCUT2D eigenvalue weighted by molar-refractivity contribution is 5.82. The number of esters is 1. The average molecular weight is 517 g/mol. The molecule has 0 saturated carbocycles. The lowest BCUT2D eigenvalue weighted by Gasteiger charge is -2.16. The molecule has 38 heavy (non-hydrogen) atoms. The van der Waals surface area contributed by atoms with Crippen LogP contribution in [0.1, 0.15) is 29.3 Å². The minimum Gasteiger partial charge on any atom is -0.469 e. The minimum atomic E-state index is -0.797. The van der Waals surface area contributed by atoms with Crippen LogP contribution in [0.15, 0.2) is 73.1 Å². The van der Waals surface area contributed by atoms with Gasteiger partial charge in [0.05, 0.1) is 30.6 Å². The Morgan fingerprint density at radius 2 is 1.95 bits per heavy atom. The predicted molar refractivity (Wildman–Crippen MR) is 140 cm³/mol. The molecule has 0 aliphatic heterocycles. The van der Waals surface area contributed by atoms with Crippen molar-refractivity contribution < 1.29 is 23.0 Å². The Labute approximate surface area is 217 Å². The lowest BCUT2D eigenvalue weighted by atomic mass is 10.00. The summed E-state index contributed by atoms with van der Waals surface area (Å²) in [5.41, 5.74) is 3.91. The second kappa shape index (κ2) is 10.9. The van der Waals surface area contributed by atoms with E-state index in [0.717, 1.165) is 16.8 Å². The van der Waals surface area contributed by atoms with Gasteiger partial charge in [-0.2, -0.15) is 0 Å². The van der Waals surface area contributed by atoms with Gasteiger partial charge in [0.2, 0.25) is 0 Å². The smallest absolute Gasteiger partial charge is 0.305 e. The summed E-state index contributed by atoms with van der Waals surface area (Å²) in [7, 11) is 3.23. The number of halogens is 2. The van der Waals surface area contributed by atoms with E-state index in [-0.39, 0.29) is 23.1 Å². The second-order valence-corrected chi connectivity index (χ2v) is 8.80. The molecule has 0 bridgehead atoms. The number of hydrogen-bond donors (Lipinski definition) is 3. The number of aromatic nitrogens is 3. The molecule has 0 aliphatic rings. The molecule has 1 atom stereocenters. The van der Waals surface area contributed by atoms with E-state index in [9.17, 15) is 13.6 Å². The number of nitrogens with zero attached hydrogens (tertiary/aromatic N) is 1. The lowest BCUT2D eigenvalue weighted by Crippen LogP contribution is -2.18. The number of aromatic amines is 2. The SMILES string of the molecule is CNC(c1cccc(CCC(=O)OC)c1)c1cnc(-c2cccc(Oc3c(F)cc4[nH]ccc4c3F)c2)[nH]1. The summed E-state index contributed by atoms with van der Waals surface area (Å²) in [4.78, 5) is 22.2. The molecule has 2 aromatic heterocycles. The van der Waals surface area contributed by atoms with Gasteiger partial charge in [-0.25, -0.2) is 13.8 Å². The molecule has 1 unspecified atom stereocenters. The highest BCUT2D eigenvalue weighted by Gasteiger charge is 2.19. The molecular formula is C29H26F2N4O3. The quantitative estimate of drug-likeness (QED) is 0.208. The van der Waals surface area contributed by atoms with Crippen LogP contribution < -0.4 is 10.1 Å². The molecule has 0 aliphatic carbocycles. The maximum absolute atomic E-state index is 14.9. The Bertz CT molecular complexity index is 1590. The molecule has 3 aromatic carbocycles. The number of rotatable bonds is 9. The van der Waals surface area contributed by atoms with Crippen LogP contribution in [-0.2, 0) is 16.0 Å². The van der Waals surface area contributed by atoms with E-state index in [4.69, 9.17) is 9.47 Å². The van der Waals surface area contributed by atoms with E-state index >= 15 is 0 Å². The van der Waals surface area contributed by atoms with Crippen molar-refractivity contribution in [3.05, 3.63) is 102 Å². The molecule has 194 valence electrons. The summed E-state index contributed by atoms with van der Waals surface area (Å²) < 4.78 is 39.8. The van der Waals surface area contributed by atoms with Crippen LogP contribution in [0, 0.1) is 11.6 Å². The monoisotopic (exact) mass is 516 g/mol. The van der Waals surface area contributed by atoms with Crippen molar-refractivity contribution in [2.45, 2.75) is 18.9 Å². The normalized spacial score (nSPS) is 12.0. The molecule has 5 rings (SSSR count). The van der Waals surface area contributed by atoms with Gasteiger partial charge >= 0.3 is 5.97 Å². The average Bonchev–Trinajstić information content (AvgIpc) is 3.61. The van der Waals surface area contributed by atoms with Crippen LogP contribution in [0.3, 0.4) is 0 Å². The van der Waals surface area contributed by atoms with Crippen molar-refractivity contribution in [2.75, 3.05) is 14.2 Å². The van der Waals surface area contributed by atoms with E-state index in [1.54, 1.807) is 30.6 Å². The number of ether oxygens (including phenoxy) is 2. The van der Waals surface area contributed by atoms with E-state index < -0.39 is 17.4 Å². The van der Waals surface area contributed by atoms with E-state index in [1.807, 2.05) is 37.4 Å². The zero-order chi connectivity index (χ0) is 26.6. The van der Waals surface area contributed by atoms with Crippen LogP contribution >= 0.6 is 0 Å². The third-order valence-corrected chi connectivity index (χ3v) is 6.36. The molecular weight excluding hydrogens is 490 g/mol. The number of carbonyl (C=O) groups excluding carboxylic acids is 1. The first-order chi connectivity index (χ1) is 18.5. The van der Waals surface area contributed by atoms with Gasteiger partial charge in [0, 0.05) is 29.6 Å². The lowest BCUT2D eigenvalue weighted by molar-refractivity contribution is -0.140. The minimum absolute atomic E-state index is 0.176. The number of carbonyl (C=O) groups is 1. The Morgan fingerprint density at radius 3 is 2.76 bits per heavy atom. The molecule has 3 N–H and O–H groups in total. The van der Waals surface area contributed by atoms with Gasteiger partial charge < -0.3 is 24.8 Å². The molecule has 0 amide bonds. The molecule has 9 heteroatoms. The first-order valence-corrected chi connectivity index (χ1v) is 12.1. The van der Waals surface area contributed by atoms with Crippen LogP contribution in [-0.4, -0.2) is 35.1 Å². The Hall–Kier alpha value is -4.50. The van der Waals surface area contributed by atoms with Crippen molar-refractivity contribution in [2.24, 2.45) is 0 Å². The number of aryl methyl sites for hydroxylation is 1. The van der Waals surface area contributed by atoms with Crippen molar-refractivity contribution in [1.82, 2.24) is 20.3 Å². The first-order valence-electron chi connectivity index (χ1n) is 12.1. The molecule has 0 radical (unpaired) electrons. The van der Waals surface area contributed by atoms with Crippen LogP contribution in [0.2, 0.25) is 0 Å². The van der Waals surface area contributed by atoms with Gasteiger partial charge in [-0.05, 0) is 42.8 Å². The zero-order valence-electron chi connectivity index (χ0n) is 20.8.